The van der Waals surface area contributed by atoms with Crippen molar-refractivity contribution < 1.29 is 8.81 Å². The molecule has 4 heterocycles. The Hall–Kier alpha value is -8.68. The van der Waals surface area contributed by atoms with Gasteiger partial charge in [-0.3, -0.25) is 0 Å². The molecule has 0 aliphatic carbocycles. The summed E-state index contributed by atoms with van der Waals surface area (Å²) >= 11 is 0. The second kappa shape index (κ2) is 14.2. The zero-order chi connectivity index (χ0) is 42.3. The predicted octanol–water partition coefficient (Wildman–Crippen LogP) is 14.8. The van der Waals surface area contributed by atoms with Crippen LogP contribution in [0, 0.1) is 5.82 Å². The third-order valence-electron chi connectivity index (χ3n) is 12.4. The minimum absolute atomic E-state index is 0.362. The number of furan rings is 1. The van der Waals surface area contributed by atoms with Gasteiger partial charge in [-0.1, -0.05) is 164 Å². The molecule has 300 valence electrons. The summed E-state index contributed by atoms with van der Waals surface area (Å²) in [5.74, 6) is 1.15. The number of nitrogens with zero attached hydrogens (tertiary/aromatic N) is 5. The normalized spacial score (nSPS) is 11.8. The van der Waals surface area contributed by atoms with E-state index >= 15 is 4.39 Å². The summed E-state index contributed by atoms with van der Waals surface area (Å²) in [5, 5.41) is 5.76. The SMILES string of the molecule is Fc1ccc2oc3c(-n4c5ccccc5c5ccccc54)c(-n4c5ccccc5c5ccccc54)c(-c4nc(-c5ccccc5)nc(-c5ccccc5)n4)c(-c4ccccc4)c3c2c1. The monoisotopic (exact) mass is 823 g/mol. The lowest BCUT2D eigenvalue weighted by Gasteiger charge is -2.24. The average molecular weight is 824 g/mol. The maximum atomic E-state index is 15.8. The molecule has 6 nitrogen and oxygen atoms in total. The van der Waals surface area contributed by atoms with Crippen molar-refractivity contribution in [2.24, 2.45) is 0 Å². The zero-order valence-corrected chi connectivity index (χ0v) is 34.2. The maximum absolute atomic E-state index is 15.8. The van der Waals surface area contributed by atoms with Crippen molar-refractivity contribution >= 4 is 65.6 Å². The van der Waals surface area contributed by atoms with E-state index in [-0.39, 0.29) is 5.82 Å². The van der Waals surface area contributed by atoms with Crippen LogP contribution in [0.1, 0.15) is 0 Å². The van der Waals surface area contributed by atoms with Crippen molar-refractivity contribution in [3.05, 3.63) is 212 Å². The molecule has 0 atom stereocenters. The third kappa shape index (κ3) is 5.41. The molecule has 0 bridgehead atoms. The number of halogens is 1. The largest absolute Gasteiger partial charge is 0.454 e. The molecule has 0 N–H and O–H groups in total. The highest BCUT2D eigenvalue weighted by Gasteiger charge is 2.33. The van der Waals surface area contributed by atoms with E-state index in [1.807, 2.05) is 78.9 Å². The van der Waals surface area contributed by atoms with E-state index in [0.717, 1.165) is 88.2 Å². The van der Waals surface area contributed by atoms with E-state index in [0.29, 0.717) is 34.0 Å². The minimum atomic E-state index is -0.362. The summed E-state index contributed by atoms with van der Waals surface area (Å²) < 4.78 is 27.7. The molecule has 13 aromatic rings. The lowest BCUT2D eigenvalue weighted by Crippen LogP contribution is -2.10. The summed E-state index contributed by atoms with van der Waals surface area (Å²) in [5.41, 5.74) is 10.9. The first kappa shape index (κ1) is 36.0. The van der Waals surface area contributed by atoms with E-state index in [4.69, 9.17) is 19.4 Å². The Morgan fingerprint density at radius 2 is 0.766 bits per heavy atom. The van der Waals surface area contributed by atoms with Gasteiger partial charge in [-0.25, -0.2) is 19.3 Å². The Labute approximate surface area is 365 Å². The van der Waals surface area contributed by atoms with Crippen LogP contribution in [0.15, 0.2) is 211 Å². The molecule has 0 spiro atoms. The summed E-state index contributed by atoms with van der Waals surface area (Å²) in [6.07, 6.45) is 0. The van der Waals surface area contributed by atoms with Crippen LogP contribution in [0.2, 0.25) is 0 Å². The van der Waals surface area contributed by atoms with Crippen molar-refractivity contribution in [1.82, 2.24) is 24.1 Å². The average Bonchev–Trinajstić information content (AvgIpc) is 4.02. The van der Waals surface area contributed by atoms with Crippen LogP contribution in [0.4, 0.5) is 4.39 Å². The molecule has 0 fully saturated rings. The standard InChI is InChI=1S/C57H34FN5O/c58-38-32-33-48-43(34-38)50-49(35-18-4-1-5-19-35)51(57-60-55(36-20-6-2-7-21-36)59-56(61-57)37-22-8-3-9-23-37)52(62-44-28-14-10-24-39(44)40-25-11-15-29-45(40)62)53(54(50)64-48)63-46-30-16-12-26-41(46)42-27-13-17-31-47(42)63/h1-34H. The molecule has 4 aromatic heterocycles. The van der Waals surface area contributed by atoms with Gasteiger partial charge in [0.15, 0.2) is 23.1 Å². The first-order valence-electron chi connectivity index (χ1n) is 21.3. The summed E-state index contributed by atoms with van der Waals surface area (Å²) in [6.45, 7) is 0. The van der Waals surface area contributed by atoms with E-state index in [1.165, 1.54) is 6.07 Å². The van der Waals surface area contributed by atoms with Crippen molar-refractivity contribution in [2.75, 3.05) is 0 Å². The highest BCUT2D eigenvalue weighted by molar-refractivity contribution is 6.23. The summed E-state index contributed by atoms with van der Waals surface area (Å²) in [7, 11) is 0. The number of benzene rings is 9. The van der Waals surface area contributed by atoms with Crippen LogP contribution in [-0.2, 0) is 0 Å². The Balaban J connectivity index is 1.36. The van der Waals surface area contributed by atoms with Crippen LogP contribution in [0.3, 0.4) is 0 Å². The van der Waals surface area contributed by atoms with E-state index in [1.54, 1.807) is 12.1 Å². The zero-order valence-electron chi connectivity index (χ0n) is 34.2. The molecule has 0 aliphatic rings. The lowest BCUT2D eigenvalue weighted by atomic mass is 9.90. The fourth-order valence-electron chi connectivity index (χ4n) is 9.74. The third-order valence-corrected chi connectivity index (χ3v) is 12.4. The van der Waals surface area contributed by atoms with E-state index < -0.39 is 0 Å². The lowest BCUT2D eigenvalue weighted by molar-refractivity contribution is 0.626. The second-order valence-corrected chi connectivity index (χ2v) is 16.0. The first-order chi connectivity index (χ1) is 31.7. The molecule has 13 rings (SSSR count). The topological polar surface area (TPSA) is 61.7 Å². The second-order valence-electron chi connectivity index (χ2n) is 16.0. The summed E-state index contributed by atoms with van der Waals surface area (Å²) in [4.78, 5) is 16.2. The van der Waals surface area contributed by atoms with Gasteiger partial charge >= 0.3 is 0 Å². The first-order valence-corrected chi connectivity index (χ1v) is 21.3. The smallest absolute Gasteiger partial charge is 0.166 e. The quantitative estimate of drug-likeness (QED) is 0.168. The molecule has 0 saturated carbocycles. The van der Waals surface area contributed by atoms with Crippen LogP contribution in [0.5, 0.6) is 0 Å². The van der Waals surface area contributed by atoms with Gasteiger partial charge in [-0.15, -0.1) is 0 Å². The minimum Gasteiger partial charge on any atom is -0.454 e. The van der Waals surface area contributed by atoms with Crippen molar-refractivity contribution in [3.8, 4) is 56.7 Å². The van der Waals surface area contributed by atoms with Crippen LogP contribution in [0.25, 0.3) is 122 Å². The molecule has 0 aliphatic heterocycles. The number of fused-ring (bicyclic) bond motifs is 9. The van der Waals surface area contributed by atoms with Gasteiger partial charge in [0.25, 0.3) is 0 Å². The van der Waals surface area contributed by atoms with Gasteiger partial charge in [0, 0.05) is 49.0 Å². The van der Waals surface area contributed by atoms with E-state index in [2.05, 4.69) is 118 Å². The fourth-order valence-corrected chi connectivity index (χ4v) is 9.74. The molecule has 0 unspecified atom stereocenters. The Kier molecular flexibility index (Phi) is 7.99. The van der Waals surface area contributed by atoms with Crippen molar-refractivity contribution in [1.29, 1.82) is 0 Å². The number of rotatable bonds is 6. The van der Waals surface area contributed by atoms with Gasteiger partial charge < -0.3 is 13.6 Å². The van der Waals surface area contributed by atoms with Crippen molar-refractivity contribution in [3.63, 3.8) is 0 Å². The molecule has 0 saturated heterocycles. The highest BCUT2D eigenvalue weighted by atomic mass is 19.1. The van der Waals surface area contributed by atoms with Gasteiger partial charge in [-0.05, 0) is 48.0 Å². The molecular weight excluding hydrogens is 790 g/mol. The maximum Gasteiger partial charge on any atom is 0.166 e. The van der Waals surface area contributed by atoms with Gasteiger partial charge in [0.2, 0.25) is 0 Å². The van der Waals surface area contributed by atoms with Gasteiger partial charge in [-0.2, -0.15) is 0 Å². The molecule has 64 heavy (non-hydrogen) atoms. The Morgan fingerprint density at radius 1 is 0.359 bits per heavy atom. The molecule has 0 radical (unpaired) electrons. The Bertz CT molecular complexity index is 3800. The van der Waals surface area contributed by atoms with E-state index in [9.17, 15) is 0 Å². The summed E-state index contributed by atoms with van der Waals surface area (Å²) in [6, 6.07) is 69.2. The fraction of sp³-hybridized carbons (Fsp3) is 0. The molecule has 9 aromatic carbocycles. The van der Waals surface area contributed by atoms with Crippen molar-refractivity contribution in [2.45, 2.75) is 0 Å². The molecular formula is C57H34FN5O. The predicted molar refractivity (Wildman–Crippen MR) is 257 cm³/mol. The highest BCUT2D eigenvalue weighted by Crippen LogP contribution is 2.52. The number of hydrogen-bond donors (Lipinski definition) is 0. The Morgan fingerprint density at radius 3 is 1.25 bits per heavy atom. The number of aromatic nitrogens is 5. The number of para-hydroxylation sites is 4. The van der Waals surface area contributed by atoms with Crippen LogP contribution < -0.4 is 0 Å². The number of hydrogen-bond acceptors (Lipinski definition) is 4. The van der Waals surface area contributed by atoms with Gasteiger partial charge in [0.1, 0.15) is 17.1 Å². The van der Waals surface area contributed by atoms with Crippen LogP contribution in [-0.4, -0.2) is 24.1 Å². The molecule has 0 amide bonds. The van der Waals surface area contributed by atoms with Crippen LogP contribution >= 0.6 is 0 Å². The van der Waals surface area contributed by atoms with Gasteiger partial charge in [0.05, 0.1) is 33.3 Å². The molecule has 7 heteroatoms.